The van der Waals surface area contributed by atoms with E-state index in [9.17, 15) is 19.2 Å². The number of para-hydroxylation sites is 1. The Bertz CT molecular complexity index is 1040. The molecule has 2 N–H and O–H groups in total. The molecule has 0 aliphatic heterocycles. The molecule has 2 rings (SSSR count). The molecule has 2 atom stereocenters. The summed E-state index contributed by atoms with van der Waals surface area (Å²) in [5.74, 6) is -1.59. The lowest BCUT2D eigenvalue weighted by Crippen LogP contribution is -2.47. The Morgan fingerprint density at radius 3 is 2.00 bits per heavy atom. The molecule has 0 saturated carbocycles. The van der Waals surface area contributed by atoms with E-state index in [4.69, 9.17) is 14.2 Å². The lowest BCUT2D eigenvalue weighted by Gasteiger charge is -2.23. The summed E-state index contributed by atoms with van der Waals surface area (Å²) in [6, 6.07) is 10.2. The minimum Gasteiger partial charge on any atom is -0.497 e. The number of nitrogens with one attached hydrogen (secondary N) is 2. The molecule has 9 nitrogen and oxygen atoms in total. The van der Waals surface area contributed by atoms with Crippen molar-refractivity contribution in [2.24, 2.45) is 5.92 Å². The molecule has 0 fully saturated rings. The average molecular weight is 471 g/mol. The molecule has 9 heteroatoms. The molecular formula is C25H30N2O7. The normalized spacial score (nSPS) is 12.3. The first-order valence-electron chi connectivity index (χ1n) is 10.7. The number of Topliss-reactive ketones (excluding diaryl/α,β-unsaturated/α-hetero) is 1. The van der Waals surface area contributed by atoms with Gasteiger partial charge in [-0.2, -0.15) is 0 Å². The van der Waals surface area contributed by atoms with Gasteiger partial charge < -0.3 is 24.8 Å². The lowest BCUT2D eigenvalue weighted by molar-refractivity contribution is -0.156. The van der Waals surface area contributed by atoms with Crippen LogP contribution in [0.2, 0.25) is 0 Å². The molecule has 0 bridgehead atoms. The van der Waals surface area contributed by atoms with Crippen molar-refractivity contribution in [1.82, 2.24) is 5.32 Å². The minimum atomic E-state index is -1.16. The van der Waals surface area contributed by atoms with Crippen molar-refractivity contribution in [1.29, 1.82) is 0 Å². The van der Waals surface area contributed by atoms with Gasteiger partial charge in [0.15, 0.2) is 11.9 Å². The smallest absolute Gasteiger partial charge is 0.329 e. The average Bonchev–Trinajstić information content (AvgIpc) is 2.81. The number of benzene rings is 2. The van der Waals surface area contributed by atoms with Crippen LogP contribution in [-0.4, -0.2) is 49.9 Å². The third-order valence-electron chi connectivity index (χ3n) is 5.05. The number of methoxy groups -OCH3 is 2. The number of rotatable bonds is 10. The minimum absolute atomic E-state index is 0.211. The van der Waals surface area contributed by atoms with E-state index in [1.54, 1.807) is 44.2 Å². The van der Waals surface area contributed by atoms with E-state index in [2.05, 4.69) is 10.6 Å². The van der Waals surface area contributed by atoms with Crippen molar-refractivity contribution in [3.05, 3.63) is 53.6 Å². The van der Waals surface area contributed by atoms with Crippen molar-refractivity contribution in [3.8, 4) is 11.5 Å². The van der Waals surface area contributed by atoms with Crippen LogP contribution in [0.5, 0.6) is 11.5 Å². The molecule has 0 radical (unpaired) electrons. The number of anilines is 1. The summed E-state index contributed by atoms with van der Waals surface area (Å²) in [4.78, 5) is 50.0. The van der Waals surface area contributed by atoms with Gasteiger partial charge in [0.2, 0.25) is 0 Å². The maximum Gasteiger partial charge on any atom is 0.329 e. The van der Waals surface area contributed by atoms with E-state index in [1.165, 1.54) is 40.2 Å². The molecule has 2 aromatic rings. The van der Waals surface area contributed by atoms with Gasteiger partial charge in [-0.15, -0.1) is 0 Å². The molecule has 0 aliphatic carbocycles. The second kappa shape index (κ2) is 11.8. The zero-order valence-electron chi connectivity index (χ0n) is 20.1. The van der Waals surface area contributed by atoms with Crippen LogP contribution < -0.4 is 20.1 Å². The van der Waals surface area contributed by atoms with Crippen LogP contribution in [-0.2, 0) is 14.3 Å². The second-order valence-electron chi connectivity index (χ2n) is 7.97. The number of hydrogen-bond acceptors (Lipinski definition) is 7. The quantitative estimate of drug-likeness (QED) is 0.404. The molecule has 0 aliphatic rings. The first-order valence-corrected chi connectivity index (χ1v) is 10.7. The summed E-state index contributed by atoms with van der Waals surface area (Å²) < 4.78 is 15.7. The topological polar surface area (TPSA) is 120 Å². The number of hydrogen-bond donors (Lipinski definition) is 2. The van der Waals surface area contributed by atoms with Gasteiger partial charge in [0.25, 0.3) is 11.8 Å². The number of amides is 2. The highest BCUT2D eigenvalue weighted by Gasteiger charge is 2.30. The van der Waals surface area contributed by atoms with Crippen LogP contribution in [0, 0.1) is 5.92 Å². The van der Waals surface area contributed by atoms with E-state index >= 15 is 0 Å². The Hall–Kier alpha value is -3.88. The van der Waals surface area contributed by atoms with Crippen LogP contribution in [0.4, 0.5) is 5.69 Å². The standard InChI is InChI=1S/C25H30N2O7/c1-14(2)22(27-24(30)17-11-18(32-5)13-19(12-17)33-6)25(31)34-16(4)23(29)26-21-10-8-7-9-20(21)15(3)28/h7-14,16,22H,1-6H3,(H,26,29)(H,27,30)/t16?,22-/m0/s1. The fraction of sp³-hybridized carbons (Fsp3) is 0.360. The summed E-state index contributed by atoms with van der Waals surface area (Å²) in [7, 11) is 2.93. The fourth-order valence-corrected chi connectivity index (χ4v) is 3.10. The van der Waals surface area contributed by atoms with Crippen LogP contribution in [0.3, 0.4) is 0 Å². The predicted molar refractivity (Wildman–Crippen MR) is 126 cm³/mol. The largest absolute Gasteiger partial charge is 0.497 e. The maximum absolute atomic E-state index is 12.8. The molecule has 34 heavy (non-hydrogen) atoms. The Morgan fingerprint density at radius 2 is 1.47 bits per heavy atom. The zero-order valence-corrected chi connectivity index (χ0v) is 20.1. The number of ketones is 1. The fourth-order valence-electron chi connectivity index (χ4n) is 3.10. The molecule has 0 heterocycles. The monoisotopic (exact) mass is 470 g/mol. The summed E-state index contributed by atoms with van der Waals surface area (Å²) in [6.07, 6.45) is -1.16. The van der Waals surface area contributed by atoms with Gasteiger partial charge in [0.05, 0.1) is 19.9 Å². The summed E-state index contributed by atoms with van der Waals surface area (Å²) in [5.41, 5.74) is 0.903. The van der Waals surface area contributed by atoms with Crippen molar-refractivity contribution < 1.29 is 33.4 Å². The molecule has 0 spiro atoms. The lowest BCUT2D eigenvalue weighted by atomic mass is 10.0. The van der Waals surface area contributed by atoms with Gasteiger partial charge in [-0.05, 0) is 44.0 Å². The van der Waals surface area contributed by atoms with Gasteiger partial charge in [0.1, 0.15) is 17.5 Å². The Labute approximate surface area is 198 Å². The maximum atomic E-state index is 12.8. The molecule has 2 aromatic carbocycles. The van der Waals surface area contributed by atoms with E-state index in [-0.39, 0.29) is 17.3 Å². The van der Waals surface area contributed by atoms with Gasteiger partial charge in [-0.25, -0.2) is 4.79 Å². The number of carbonyl (C=O) groups is 4. The zero-order chi connectivity index (χ0) is 25.4. The van der Waals surface area contributed by atoms with Crippen LogP contribution in [0.15, 0.2) is 42.5 Å². The Kier molecular flexibility index (Phi) is 9.18. The SMILES string of the molecule is COc1cc(OC)cc(C(=O)N[C@H](C(=O)OC(C)C(=O)Nc2ccccc2C(C)=O)C(C)C)c1. The summed E-state index contributed by atoms with van der Waals surface area (Å²) >= 11 is 0. The van der Waals surface area contributed by atoms with Gasteiger partial charge in [-0.3, -0.25) is 14.4 Å². The molecule has 0 saturated heterocycles. The predicted octanol–water partition coefficient (Wildman–Crippen LogP) is 3.23. The molecule has 0 aromatic heterocycles. The highest BCUT2D eigenvalue weighted by atomic mass is 16.5. The number of esters is 1. The van der Waals surface area contributed by atoms with Gasteiger partial charge >= 0.3 is 5.97 Å². The highest BCUT2D eigenvalue weighted by Crippen LogP contribution is 2.23. The van der Waals surface area contributed by atoms with E-state index in [0.717, 1.165) is 0 Å². The second-order valence-corrected chi connectivity index (χ2v) is 7.97. The number of ether oxygens (including phenoxy) is 3. The Morgan fingerprint density at radius 1 is 0.882 bits per heavy atom. The van der Waals surface area contributed by atoms with Crippen molar-refractivity contribution in [3.63, 3.8) is 0 Å². The van der Waals surface area contributed by atoms with Gasteiger partial charge in [0, 0.05) is 17.2 Å². The molecule has 1 unspecified atom stereocenters. The molecule has 2 amide bonds. The summed E-state index contributed by atoms with van der Waals surface area (Å²) in [5, 5.41) is 5.26. The first-order chi connectivity index (χ1) is 16.1. The number of carbonyl (C=O) groups excluding carboxylic acids is 4. The van der Waals surface area contributed by atoms with Crippen LogP contribution >= 0.6 is 0 Å². The van der Waals surface area contributed by atoms with Crippen molar-refractivity contribution in [2.45, 2.75) is 39.8 Å². The highest BCUT2D eigenvalue weighted by molar-refractivity contribution is 6.05. The van der Waals surface area contributed by atoms with Crippen molar-refractivity contribution in [2.75, 3.05) is 19.5 Å². The first kappa shape index (κ1) is 26.4. The van der Waals surface area contributed by atoms with E-state index < -0.39 is 29.9 Å². The molecular weight excluding hydrogens is 440 g/mol. The molecule has 182 valence electrons. The van der Waals surface area contributed by atoms with Crippen molar-refractivity contribution >= 4 is 29.3 Å². The third kappa shape index (κ3) is 6.81. The summed E-state index contributed by atoms with van der Waals surface area (Å²) in [6.45, 7) is 6.29. The van der Waals surface area contributed by atoms with Crippen LogP contribution in [0.25, 0.3) is 0 Å². The third-order valence-corrected chi connectivity index (χ3v) is 5.05. The van der Waals surface area contributed by atoms with Gasteiger partial charge in [-0.1, -0.05) is 26.0 Å². The van der Waals surface area contributed by atoms with E-state index in [1.807, 2.05) is 0 Å². The Balaban J connectivity index is 2.10. The van der Waals surface area contributed by atoms with E-state index in [0.29, 0.717) is 22.7 Å². The van der Waals surface area contributed by atoms with Crippen LogP contribution in [0.1, 0.15) is 48.4 Å².